The topological polar surface area (TPSA) is 91.6 Å². The van der Waals surface area contributed by atoms with E-state index < -0.39 is 17.1 Å². The summed E-state index contributed by atoms with van der Waals surface area (Å²) in [6.45, 7) is 1.88. The van der Waals surface area contributed by atoms with E-state index in [4.69, 9.17) is 4.42 Å². The lowest BCUT2D eigenvalue weighted by Gasteiger charge is -2.32. The number of carbonyl (C=O) groups is 3. The lowest BCUT2D eigenvalue weighted by atomic mass is 10.2. The van der Waals surface area contributed by atoms with Crippen LogP contribution in [-0.4, -0.2) is 23.0 Å². The number of para-hydroxylation sites is 2. The SMILES string of the molecule is CC(Sc1cccc(NC(=O)/C(=C\c2ccco2)NC(=O)c2ccccc2)c1)C(=O)N1c2ccccc2Sc2ccccc21. The summed E-state index contributed by atoms with van der Waals surface area (Å²) in [5.41, 5.74) is 2.69. The molecule has 0 fully saturated rings. The molecule has 1 aromatic heterocycles. The second-order valence-corrected chi connectivity index (χ2v) is 12.3. The highest BCUT2D eigenvalue weighted by atomic mass is 32.2. The molecule has 2 heterocycles. The summed E-state index contributed by atoms with van der Waals surface area (Å²) in [5, 5.41) is 5.14. The Bertz CT molecular complexity index is 1810. The van der Waals surface area contributed by atoms with Crippen molar-refractivity contribution in [1.29, 1.82) is 0 Å². The average Bonchev–Trinajstić information content (AvgIpc) is 3.57. The molecule has 1 aliphatic rings. The maximum Gasteiger partial charge on any atom is 0.272 e. The molecule has 0 aliphatic carbocycles. The second-order valence-electron chi connectivity index (χ2n) is 9.85. The minimum absolute atomic E-state index is 0.0238. The van der Waals surface area contributed by atoms with Gasteiger partial charge >= 0.3 is 0 Å². The summed E-state index contributed by atoms with van der Waals surface area (Å²) in [5.74, 6) is -0.568. The smallest absolute Gasteiger partial charge is 0.272 e. The molecule has 1 atom stereocenters. The van der Waals surface area contributed by atoms with Gasteiger partial charge in [0.1, 0.15) is 11.5 Å². The normalized spacial score (nSPS) is 12.9. The zero-order valence-corrected chi connectivity index (χ0v) is 25.2. The van der Waals surface area contributed by atoms with E-state index in [9.17, 15) is 14.4 Å². The van der Waals surface area contributed by atoms with Crippen molar-refractivity contribution in [1.82, 2.24) is 5.32 Å². The molecule has 218 valence electrons. The number of rotatable bonds is 8. The summed E-state index contributed by atoms with van der Waals surface area (Å²) >= 11 is 3.06. The first-order valence-corrected chi connectivity index (χ1v) is 15.6. The number of carbonyl (C=O) groups excluding carboxylic acids is 3. The third-order valence-corrected chi connectivity index (χ3v) is 8.98. The van der Waals surface area contributed by atoms with Crippen LogP contribution in [0.2, 0.25) is 0 Å². The Morgan fingerprint density at radius 2 is 1.50 bits per heavy atom. The van der Waals surface area contributed by atoms with E-state index in [1.165, 1.54) is 24.1 Å². The molecule has 6 rings (SSSR count). The Balaban J connectivity index is 1.19. The minimum Gasteiger partial charge on any atom is -0.465 e. The fourth-order valence-electron chi connectivity index (χ4n) is 4.68. The Morgan fingerprint density at radius 1 is 0.818 bits per heavy atom. The fraction of sp³-hybridized carbons (Fsp3) is 0.0571. The zero-order chi connectivity index (χ0) is 30.5. The van der Waals surface area contributed by atoms with Gasteiger partial charge in [0.05, 0.1) is 22.9 Å². The monoisotopic (exact) mass is 617 g/mol. The van der Waals surface area contributed by atoms with Crippen molar-refractivity contribution in [2.24, 2.45) is 0 Å². The molecule has 2 N–H and O–H groups in total. The van der Waals surface area contributed by atoms with Crippen LogP contribution in [0.3, 0.4) is 0 Å². The van der Waals surface area contributed by atoms with Crippen LogP contribution in [0.1, 0.15) is 23.0 Å². The maximum absolute atomic E-state index is 13.9. The van der Waals surface area contributed by atoms with Crippen molar-refractivity contribution in [3.05, 3.63) is 139 Å². The van der Waals surface area contributed by atoms with Gasteiger partial charge in [-0.2, -0.15) is 0 Å². The highest BCUT2D eigenvalue weighted by Gasteiger charge is 2.31. The van der Waals surface area contributed by atoms with Gasteiger partial charge in [0.25, 0.3) is 11.8 Å². The van der Waals surface area contributed by atoms with Gasteiger partial charge in [0, 0.05) is 32.0 Å². The number of anilines is 3. The summed E-state index contributed by atoms with van der Waals surface area (Å²) in [7, 11) is 0. The summed E-state index contributed by atoms with van der Waals surface area (Å²) in [4.78, 5) is 44.8. The first kappa shape index (κ1) is 29.1. The first-order valence-electron chi connectivity index (χ1n) is 13.9. The summed E-state index contributed by atoms with van der Waals surface area (Å²) < 4.78 is 5.38. The van der Waals surface area contributed by atoms with E-state index in [1.54, 1.807) is 59.1 Å². The first-order chi connectivity index (χ1) is 21.5. The van der Waals surface area contributed by atoms with E-state index in [0.29, 0.717) is 17.0 Å². The Kier molecular flexibility index (Phi) is 8.67. The molecule has 4 aromatic carbocycles. The number of hydrogen-bond donors (Lipinski definition) is 2. The number of furan rings is 1. The molecule has 7 nitrogen and oxygen atoms in total. The van der Waals surface area contributed by atoms with E-state index in [0.717, 1.165) is 26.1 Å². The van der Waals surface area contributed by atoms with Crippen LogP contribution in [0.4, 0.5) is 17.1 Å². The van der Waals surface area contributed by atoms with Crippen LogP contribution in [-0.2, 0) is 9.59 Å². The van der Waals surface area contributed by atoms with Crippen molar-refractivity contribution in [3.8, 4) is 0 Å². The maximum atomic E-state index is 13.9. The third kappa shape index (κ3) is 6.49. The number of amides is 3. The van der Waals surface area contributed by atoms with Crippen molar-refractivity contribution >= 4 is 64.4 Å². The molecule has 9 heteroatoms. The molecular weight excluding hydrogens is 591 g/mol. The van der Waals surface area contributed by atoms with Crippen LogP contribution >= 0.6 is 23.5 Å². The molecule has 0 radical (unpaired) electrons. The van der Waals surface area contributed by atoms with Gasteiger partial charge < -0.3 is 15.1 Å². The molecular formula is C35H27N3O4S2. The van der Waals surface area contributed by atoms with Gasteiger partial charge in [-0.1, -0.05) is 60.3 Å². The minimum atomic E-state index is -0.518. The van der Waals surface area contributed by atoms with Crippen molar-refractivity contribution < 1.29 is 18.8 Å². The molecule has 44 heavy (non-hydrogen) atoms. The summed E-state index contributed by atoms with van der Waals surface area (Å²) in [6.07, 6.45) is 2.96. The van der Waals surface area contributed by atoms with Gasteiger partial charge in [0.15, 0.2) is 0 Å². The number of nitrogens with one attached hydrogen (secondary N) is 2. The predicted octanol–water partition coefficient (Wildman–Crippen LogP) is 8.00. The van der Waals surface area contributed by atoms with Gasteiger partial charge in [0.2, 0.25) is 5.91 Å². The van der Waals surface area contributed by atoms with E-state index in [2.05, 4.69) is 10.6 Å². The molecule has 0 saturated carbocycles. The number of fused-ring (bicyclic) bond motifs is 2. The number of nitrogens with zero attached hydrogens (tertiary/aromatic N) is 1. The van der Waals surface area contributed by atoms with Gasteiger partial charge in [-0.25, -0.2) is 0 Å². The Hall–Kier alpha value is -4.99. The highest BCUT2D eigenvalue weighted by molar-refractivity contribution is 8.00. The van der Waals surface area contributed by atoms with Gasteiger partial charge in [-0.05, 0) is 73.7 Å². The molecule has 1 aliphatic heterocycles. The molecule has 0 spiro atoms. The quantitative estimate of drug-likeness (QED) is 0.135. The number of hydrogen-bond acceptors (Lipinski definition) is 6. The molecule has 1 unspecified atom stereocenters. The highest BCUT2D eigenvalue weighted by Crippen LogP contribution is 2.48. The number of benzene rings is 4. The van der Waals surface area contributed by atoms with Crippen LogP contribution < -0.4 is 15.5 Å². The predicted molar refractivity (Wildman–Crippen MR) is 175 cm³/mol. The number of thioether (sulfide) groups is 1. The lowest BCUT2D eigenvalue weighted by Crippen LogP contribution is -2.34. The molecule has 0 saturated heterocycles. The Labute approximate surface area is 263 Å². The van der Waals surface area contributed by atoms with E-state index in [1.807, 2.05) is 79.7 Å². The largest absolute Gasteiger partial charge is 0.465 e. The lowest BCUT2D eigenvalue weighted by molar-refractivity contribution is -0.117. The molecule has 5 aromatic rings. The fourth-order valence-corrected chi connectivity index (χ4v) is 6.71. The van der Waals surface area contributed by atoms with Crippen LogP contribution in [0.5, 0.6) is 0 Å². The van der Waals surface area contributed by atoms with Crippen LogP contribution in [0.15, 0.2) is 146 Å². The second kappa shape index (κ2) is 13.1. The van der Waals surface area contributed by atoms with Crippen molar-refractivity contribution in [3.63, 3.8) is 0 Å². The van der Waals surface area contributed by atoms with Gasteiger partial charge in [-0.3, -0.25) is 19.3 Å². The summed E-state index contributed by atoms with van der Waals surface area (Å²) in [6, 6.07) is 35.1. The Morgan fingerprint density at radius 3 is 2.18 bits per heavy atom. The van der Waals surface area contributed by atoms with E-state index in [-0.39, 0.29) is 11.6 Å². The standard InChI is InChI=1S/C35H27N3O4S2/c1-23(35(41)38-29-16-5-7-18-31(29)44-32-19-8-6-17-30(32)38)43-27-15-9-13-25(21-27)36-34(40)28(22-26-14-10-20-42-26)37-33(39)24-11-3-2-4-12-24/h2-23H,1H3,(H,36,40)(H,37,39)/b28-22+. The molecule has 0 bridgehead atoms. The molecule has 3 amide bonds. The van der Waals surface area contributed by atoms with Crippen molar-refractivity contribution in [2.45, 2.75) is 26.9 Å². The van der Waals surface area contributed by atoms with Crippen molar-refractivity contribution in [2.75, 3.05) is 10.2 Å². The van der Waals surface area contributed by atoms with Gasteiger partial charge in [-0.15, -0.1) is 11.8 Å². The van der Waals surface area contributed by atoms with E-state index >= 15 is 0 Å². The van der Waals surface area contributed by atoms with Crippen LogP contribution in [0, 0.1) is 0 Å². The average molecular weight is 618 g/mol. The zero-order valence-electron chi connectivity index (χ0n) is 23.6. The van der Waals surface area contributed by atoms with Crippen LogP contribution in [0.25, 0.3) is 6.08 Å². The third-order valence-electron chi connectivity index (χ3n) is 6.76.